The molecule has 1 heterocycles. The molecule has 1 aromatic heterocycles. The minimum absolute atomic E-state index is 0.124. The van der Waals surface area contributed by atoms with Crippen LogP contribution in [-0.2, 0) is 6.18 Å². The fraction of sp³-hybridized carbons (Fsp3) is 0.375. The molecule has 0 fully saturated rings. The topological polar surface area (TPSA) is 12.9 Å². The van der Waals surface area contributed by atoms with Crippen LogP contribution in [0, 0.1) is 6.92 Å². The van der Waals surface area contributed by atoms with E-state index in [1.807, 2.05) is 0 Å². The number of halogens is 5. The largest absolute Gasteiger partial charge is 0.418 e. The second-order valence-electron chi connectivity index (χ2n) is 2.67. The van der Waals surface area contributed by atoms with Gasteiger partial charge in [-0.05, 0) is 19.1 Å². The van der Waals surface area contributed by atoms with Crippen LogP contribution in [-0.4, -0.2) is 4.98 Å². The molecule has 0 saturated carbocycles. The second-order valence-corrected chi connectivity index (χ2v) is 3.76. The van der Waals surface area contributed by atoms with Crippen molar-refractivity contribution in [2.45, 2.75) is 17.9 Å². The van der Waals surface area contributed by atoms with Crippen molar-refractivity contribution in [3.05, 3.63) is 29.1 Å². The summed E-state index contributed by atoms with van der Waals surface area (Å²) in [4.78, 5) is 2.75. The first-order chi connectivity index (χ1) is 6.32. The predicted molar refractivity (Wildman–Crippen MR) is 48.4 cm³/mol. The van der Waals surface area contributed by atoms with Crippen molar-refractivity contribution in [2.24, 2.45) is 0 Å². The van der Waals surface area contributed by atoms with Gasteiger partial charge in [0, 0.05) is 5.69 Å². The lowest BCUT2D eigenvalue weighted by atomic mass is 10.2. The van der Waals surface area contributed by atoms with Crippen LogP contribution in [0.3, 0.4) is 0 Å². The lowest BCUT2D eigenvalue weighted by Crippen LogP contribution is -2.09. The Labute approximate surface area is 88.8 Å². The van der Waals surface area contributed by atoms with Crippen LogP contribution in [0.4, 0.5) is 13.2 Å². The van der Waals surface area contributed by atoms with Gasteiger partial charge in [0.15, 0.2) is 0 Å². The van der Waals surface area contributed by atoms with Gasteiger partial charge in [-0.15, -0.1) is 0 Å². The van der Waals surface area contributed by atoms with Gasteiger partial charge < -0.3 is 0 Å². The zero-order chi connectivity index (χ0) is 10.9. The average Bonchev–Trinajstić information content (AvgIpc) is 2.01. The summed E-state index contributed by atoms with van der Waals surface area (Å²) >= 11 is 10.9. The first-order valence-electron chi connectivity index (χ1n) is 3.65. The van der Waals surface area contributed by atoms with E-state index in [0.717, 1.165) is 6.07 Å². The van der Waals surface area contributed by atoms with Gasteiger partial charge >= 0.3 is 6.18 Å². The normalized spacial score (nSPS) is 12.2. The fourth-order valence-electron chi connectivity index (χ4n) is 1.00. The Morgan fingerprint density at radius 3 is 2.21 bits per heavy atom. The summed E-state index contributed by atoms with van der Waals surface area (Å²) in [5, 5.41) is 0. The number of pyridine rings is 1. The molecule has 14 heavy (non-hydrogen) atoms. The number of alkyl halides is 5. The Morgan fingerprint density at radius 2 is 1.86 bits per heavy atom. The van der Waals surface area contributed by atoms with Gasteiger partial charge in [-0.25, -0.2) is 0 Å². The molecule has 0 aliphatic heterocycles. The zero-order valence-corrected chi connectivity index (χ0v) is 8.58. The maximum atomic E-state index is 12.3. The van der Waals surface area contributed by atoms with Gasteiger partial charge in [0.25, 0.3) is 0 Å². The van der Waals surface area contributed by atoms with E-state index in [4.69, 9.17) is 23.2 Å². The van der Waals surface area contributed by atoms with Crippen LogP contribution in [0.2, 0.25) is 0 Å². The zero-order valence-electron chi connectivity index (χ0n) is 7.07. The van der Waals surface area contributed by atoms with E-state index in [9.17, 15) is 13.2 Å². The van der Waals surface area contributed by atoms with E-state index < -0.39 is 16.6 Å². The van der Waals surface area contributed by atoms with Crippen molar-refractivity contribution in [1.82, 2.24) is 4.98 Å². The molecular weight excluding hydrogens is 238 g/mol. The summed E-state index contributed by atoms with van der Waals surface area (Å²) in [7, 11) is 0. The molecule has 0 N–H and O–H groups in total. The monoisotopic (exact) mass is 243 g/mol. The van der Waals surface area contributed by atoms with Gasteiger partial charge in [0.05, 0.1) is 11.3 Å². The van der Waals surface area contributed by atoms with Crippen LogP contribution < -0.4 is 0 Å². The molecule has 0 unspecified atom stereocenters. The Hall–Kier alpha value is -0.480. The van der Waals surface area contributed by atoms with Crippen molar-refractivity contribution in [2.75, 3.05) is 0 Å². The highest BCUT2D eigenvalue weighted by Gasteiger charge is 2.33. The van der Waals surface area contributed by atoms with Crippen molar-refractivity contribution >= 4 is 23.2 Å². The third kappa shape index (κ3) is 2.51. The smallest absolute Gasteiger partial charge is 0.255 e. The lowest BCUT2D eigenvalue weighted by Gasteiger charge is -2.10. The van der Waals surface area contributed by atoms with E-state index in [1.54, 1.807) is 0 Å². The number of aryl methyl sites for hydroxylation is 1. The van der Waals surface area contributed by atoms with Crippen molar-refractivity contribution in [3.8, 4) is 0 Å². The highest BCUT2D eigenvalue weighted by Crippen LogP contribution is 2.32. The Balaban J connectivity index is 3.15. The number of aromatic nitrogens is 1. The third-order valence-electron chi connectivity index (χ3n) is 1.64. The maximum Gasteiger partial charge on any atom is 0.418 e. The molecule has 0 saturated heterocycles. The second kappa shape index (κ2) is 3.95. The third-order valence-corrected chi connectivity index (χ3v) is 2.08. The van der Waals surface area contributed by atoms with Crippen molar-refractivity contribution < 1.29 is 13.2 Å². The minimum Gasteiger partial charge on any atom is -0.255 e. The summed E-state index contributed by atoms with van der Waals surface area (Å²) in [6.45, 7) is 1.27. The van der Waals surface area contributed by atoms with Crippen LogP contribution in [0.15, 0.2) is 12.1 Å². The highest BCUT2D eigenvalue weighted by molar-refractivity contribution is 6.43. The first kappa shape index (κ1) is 11.6. The summed E-state index contributed by atoms with van der Waals surface area (Å²) in [5.74, 6) is 0. The molecule has 0 spiro atoms. The molecule has 0 amide bonds. The lowest BCUT2D eigenvalue weighted by molar-refractivity contribution is -0.138. The van der Waals surface area contributed by atoms with E-state index in [1.165, 1.54) is 13.0 Å². The molecule has 0 aromatic carbocycles. The van der Waals surface area contributed by atoms with Crippen molar-refractivity contribution in [1.29, 1.82) is 0 Å². The Morgan fingerprint density at radius 1 is 1.29 bits per heavy atom. The molecule has 6 heteroatoms. The molecule has 1 aromatic rings. The number of nitrogens with zero attached hydrogens (tertiary/aromatic N) is 1. The van der Waals surface area contributed by atoms with Crippen LogP contribution in [0.1, 0.15) is 21.8 Å². The van der Waals surface area contributed by atoms with Gasteiger partial charge in [-0.3, -0.25) is 4.98 Å². The van der Waals surface area contributed by atoms with E-state index in [0.29, 0.717) is 0 Å². The first-order valence-corrected chi connectivity index (χ1v) is 4.52. The molecular formula is C8H6Cl2F3N. The maximum absolute atomic E-state index is 12.3. The predicted octanol–water partition coefficient (Wildman–Crippen LogP) is 3.89. The van der Waals surface area contributed by atoms with Crippen molar-refractivity contribution in [3.63, 3.8) is 0 Å². The van der Waals surface area contributed by atoms with Crippen LogP contribution >= 0.6 is 23.2 Å². The van der Waals surface area contributed by atoms with E-state index in [-0.39, 0.29) is 11.4 Å². The van der Waals surface area contributed by atoms with Gasteiger partial charge in [0.1, 0.15) is 4.84 Å². The van der Waals surface area contributed by atoms with E-state index in [2.05, 4.69) is 4.98 Å². The number of hydrogen-bond donors (Lipinski definition) is 0. The minimum atomic E-state index is -4.39. The molecule has 0 aliphatic rings. The van der Waals surface area contributed by atoms with Gasteiger partial charge in [-0.1, -0.05) is 23.2 Å². The highest BCUT2D eigenvalue weighted by atomic mass is 35.5. The molecule has 0 radical (unpaired) electrons. The van der Waals surface area contributed by atoms with Crippen LogP contribution in [0.25, 0.3) is 0 Å². The fourth-order valence-corrected chi connectivity index (χ4v) is 1.24. The average molecular weight is 244 g/mol. The standard InChI is InChI=1S/C8H6Cl2F3N/c1-4-5(8(11,12)13)2-3-6(14-4)7(9)10/h2-3,7H,1H3. The summed E-state index contributed by atoms with van der Waals surface area (Å²) in [6.07, 6.45) is -4.39. The number of hydrogen-bond acceptors (Lipinski definition) is 1. The summed E-state index contributed by atoms with van der Waals surface area (Å²) < 4.78 is 36.8. The molecule has 1 nitrogen and oxygen atoms in total. The summed E-state index contributed by atoms with van der Waals surface area (Å²) in [5.41, 5.74) is -0.671. The molecule has 1 rings (SSSR count). The van der Waals surface area contributed by atoms with E-state index >= 15 is 0 Å². The molecule has 78 valence electrons. The Bertz CT molecular complexity index is 336. The quantitative estimate of drug-likeness (QED) is 0.683. The SMILES string of the molecule is Cc1nc(C(Cl)Cl)ccc1C(F)(F)F. The number of rotatable bonds is 1. The molecule has 0 bridgehead atoms. The molecule has 0 aliphatic carbocycles. The molecule has 0 atom stereocenters. The Kier molecular flexibility index (Phi) is 3.27. The van der Waals surface area contributed by atoms with Gasteiger partial charge in [-0.2, -0.15) is 13.2 Å². The summed E-state index contributed by atoms with van der Waals surface area (Å²) in [6, 6.07) is 2.09. The van der Waals surface area contributed by atoms with Crippen LogP contribution in [0.5, 0.6) is 0 Å². The van der Waals surface area contributed by atoms with Gasteiger partial charge in [0.2, 0.25) is 0 Å².